The molecule has 2 heterocycles. The molecule has 0 saturated carbocycles. The third kappa shape index (κ3) is 1.88. The maximum atomic E-state index is 13.7. The minimum absolute atomic E-state index is 0.0981. The zero-order valence-electron chi connectivity index (χ0n) is 10.1. The number of imidazole rings is 1. The first-order chi connectivity index (χ1) is 9.08. The van der Waals surface area contributed by atoms with Gasteiger partial charge >= 0.3 is 0 Å². The topological polar surface area (TPSA) is 43.8 Å². The molecule has 0 saturated heterocycles. The standard InChI is InChI=1S/C13H11F2N3S/c1-7(8-2-3-19-6-8)18-11-5-9(14)4-10(15)12(11)17-13(18)16/h2-7H,1H3,(H2,16,17). The van der Waals surface area contributed by atoms with Gasteiger partial charge in [-0.25, -0.2) is 13.8 Å². The second-order valence-electron chi connectivity index (χ2n) is 4.33. The molecule has 0 aliphatic heterocycles. The van der Waals surface area contributed by atoms with Crippen molar-refractivity contribution in [3.05, 3.63) is 46.2 Å². The Hall–Kier alpha value is -1.95. The number of aromatic nitrogens is 2. The molecule has 0 amide bonds. The highest BCUT2D eigenvalue weighted by Crippen LogP contribution is 2.29. The number of nitrogen functional groups attached to an aromatic ring is 1. The summed E-state index contributed by atoms with van der Waals surface area (Å²) in [5, 5.41) is 3.92. The van der Waals surface area contributed by atoms with Gasteiger partial charge in [-0.05, 0) is 29.3 Å². The smallest absolute Gasteiger partial charge is 0.201 e. The number of benzene rings is 1. The summed E-state index contributed by atoms with van der Waals surface area (Å²) in [5.41, 5.74) is 7.34. The largest absolute Gasteiger partial charge is 0.369 e. The lowest BCUT2D eigenvalue weighted by molar-refractivity contribution is 0.589. The Morgan fingerprint density at radius 1 is 1.37 bits per heavy atom. The van der Waals surface area contributed by atoms with E-state index in [1.807, 2.05) is 23.8 Å². The molecular formula is C13H11F2N3S. The average molecular weight is 279 g/mol. The third-order valence-corrected chi connectivity index (χ3v) is 3.86. The van der Waals surface area contributed by atoms with Crippen LogP contribution in [0, 0.1) is 11.6 Å². The second-order valence-corrected chi connectivity index (χ2v) is 5.11. The summed E-state index contributed by atoms with van der Waals surface area (Å²) in [4.78, 5) is 3.99. The fraction of sp³-hybridized carbons (Fsp3) is 0.154. The maximum absolute atomic E-state index is 13.7. The van der Waals surface area contributed by atoms with Gasteiger partial charge in [0.1, 0.15) is 11.3 Å². The second kappa shape index (κ2) is 4.31. The molecule has 6 heteroatoms. The van der Waals surface area contributed by atoms with Gasteiger partial charge < -0.3 is 10.3 Å². The minimum Gasteiger partial charge on any atom is -0.369 e. The van der Waals surface area contributed by atoms with E-state index in [-0.39, 0.29) is 17.5 Å². The zero-order chi connectivity index (χ0) is 13.6. The molecule has 0 aliphatic carbocycles. The summed E-state index contributed by atoms with van der Waals surface area (Å²) in [5.74, 6) is -1.15. The van der Waals surface area contributed by atoms with Crippen LogP contribution in [-0.4, -0.2) is 9.55 Å². The van der Waals surface area contributed by atoms with Crippen molar-refractivity contribution < 1.29 is 8.78 Å². The normalized spacial score (nSPS) is 13.0. The molecule has 0 aliphatic rings. The molecule has 1 unspecified atom stereocenters. The quantitative estimate of drug-likeness (QED) is 0.779. The molecule has 98 valence electrons. The average Bonchev–Trinajstić information content (AvgIpc) is 2.95. The Morgan fingerprint density at radius 2 is 2.16 bits per heavy atom. The molecule has 0 spiro atoms. The first-order valence-electron chi connectivity index (χ1n) is 5.72. The summed E-state index contributed by atoms with van der Waals surface area (Å²) in [6, 6.07) is 3.90. The van der Waals surface area contributed by atoms with Gasteiger partial charge in [0.05, 0.1) is 11.6 Å². The molecule has 3 nitrogen and oxygen atoms in total. The van der Waals surface area contributed by atoms with Crippen molar-refractivity contribution in [3.8, 4) is 0 Å². The van der Waals surface area contributed by atoms with E-state index in [0.29, 0.717) is 5.52 Å². The van der Waals surface area contributed by atoms with Gasteiger partial charge in [-0.3, -0.25) is 0 Å². The van der Waals surface area contributed by atoms with Gasteiger partial charge in [0, 0.05) is 12.1 Å². The number of anilines is 1. The monoisotopic (exact) mass is 279 g/mol. The highest BCUT2D eigenvalue weighted by atomic mass is 32.1. The van der Waals surface area contributed by atoms with E-state index < -0.39 is 11.6 Å². The molecular weight excluding hydrogens is 268 g/mol. The highest BCUT2D eigenvalue weighted by molar-refractivity contribution is 7.07. The van der Waals surface area contributed by atoms with Crippen LogP contribution in [0.4, 0.5) is 14.7 Å². The summed E-state index contributed by atoms with van der Waals surface area (Å²) < 4.78 is 28.7. The van der Waals surface area contributed by atoms with Gasteiger partial charge in [-0.15, -0.1) is 0 Å². The van der Waals surface area contributed by atoms with Crippen LogP contribution in [0.15, 0.2) is 29.0 Å². The SMILES string of the molecule is CC(c1ccsc1)n1c(N)nc2c(F)cc(F)cc21. The molecule has 1 aromatic carbocycles. The number of nitrogens with two attached hydrogens (primary N) is 1. The fourth-order valence-electron chi connectivity index (χ4n) is 2.21. The van der Waals surface area contributed by atoms with Crippen LogP contribution in [0.5, 0.6) is 0 Å². The number of hydrogen-bond acceptors (Lipinski definition) is 3. The van der Waals surface area contributed by atoms with E-state index in [9.17, 15) is 8.78 Å². The lowest BCUT2D eigenvalue weighted by Gasteiger charge is -2.14. The Morgan fingerprint density at radius 3 is 2.84 bits per heavy atom. The van der Waals surface area contributed by atoms with Gasteiger partial charge in [-0.2, -0.15) is 11.3 Å². The molecule has 3 rings (SSSR count). The van der Waals surface area contributed by atoms with Crippen molar-refractivity contribution in [3.63, 3.8) is 0 Å². The maximum Gasteiger partial charge on any atom is 0.201 e. The summed E-state index contributed by atoms with van der Waals surface area (Å²) >= 11 is 1.56. The lowest BCUT2D eigenvalue weighted by Crippen LogP contribution is -2.09. The molecule has 1 atom stereocenters. The molecule has 0 fully saturated rings. The number of halogens is 2. The molecule has 0 radical (unpaired) electrons. The van der Waals surface area contributed by atoms with Crippen LogP contribution in [0.1, 0.15) is 18.5 Å². The first-order valence-corrected chi connectivity index (χ1v) is 6.66. The predicted octanol–water partition coefficient (Wildman–Crippen LogP) is 3.57. The predicted molar refractivity (Wildman–Crippen MR) is 72.2 cm³/mol. The molecule has 19 heavy (non-hydrogen) atoms. The van der Waals surface area contributed by atoms with E-state index in [4.69, 9.17) is 5.73 Å². The molecule has 2 N–H and O–H groups in total. The van der Waals surface area contributed by atoms with Crippen molar-refractivity contribution in [2.45, 2.75) is 13.0 Å². The Balaban J connectivity index is 2.26. The highest BCUT2D eigenvalue weighted by Gasteiger charge is 2.19. The Kier molecular flexibility index (Phi) is 2.74. The van der Waals surface area contributed by atoms with Crippen LogP contribution in [0.2, 0.25) is 0 Å². The van der Waals surface area contributed by atoms with Crippen LogP contribution < -0.4 is 5.73 Å². The molecule has 2 aromatic heterocycles. The van der Waals surface area contributed by atoms with Crippen molar-refractivity contribution in [1.29, 1.82) is 0 Å². The number of rotatable bonds is 2. The van der Waals surface area contributed by atoms with E-state index in [0.717, 1.165) is 11.6 Å². The molecule has 3 aromatic rings. The van der Waals surface area contributed by atoms with Gasteiger partial charge in [-0.1, -0.05) is 0 Å². The van der Waals surface area contributed by atoms with Crippen LogP contribution in [0.25, 0.3) is 11.0 Å². The van der Waals surface area contributed by atoms with Crippen LogP contribution >= 0.6 is 11.3 Å². The van der Waals surface area contributed by atoms with E-state index in [1.165, 1.54) is 6.07 Å². The van der Waals surface area contributed by atoms with Crippen molar-refractivity contribution >= 4 is 28.3 Å². The first kappa shape index (κ1) is 12.1. The van der Waals surface area contributed by atoms with Gasteiger partial charge in [0.2, 0.25) is 5.95 Å². The van der Waals surface area contributed by atoms with Crippen molar-refractivity contribution in [2.75, 3.05) is 5.73 Å². The van der Waals surface area contributed by atoms with E-state index in [2.05, 4.69) is 4.98 Å². The van der Waals surface area contributed by atoms with E-state index in [1.54, 1.807) is 15.9 Å². The zero-order valence-corrected chi connectivity index (χ0v) is 10.9. The minimum atomic E-state index is -0.696. The van der Waals surface area contributed by atoms with Gasteiger partial charge in [0.15, 0.2) is 5.82 Å². The summed E-state index contributed by atoms with van der Waals surface area (Å²) in [6.07, 6.45) is 0. The third-order valence-electron chi connectivity index (χ3n) is 3.15. The fourth-order valence-corrected chi connectivity index (χ4v) is 2.95. The number of nitrogens with zero attached hydrogens (tertiary/aromatic N) is 2. The Bertz CT molecular complexity index is 734. The number of thiophene rings is 1. The van der Waals surface area contributed by atoms with Crippen molar-refractivity contribution in [1.82, 2.24) is 9.55 Å². The summed E-state index contributed by atoms with van der Waals surface area (Å²) in [7, 11) is 0. The number of fused-ring (bicyclic) bond motifs is 1. The van der Waals surface area contributed by atoms with Crippen LogP contribution in [-0.2, 0) is 0 Å². The summed E-state index contributed by atoms with van der Waals surface area (Å²) in [6.45, 7) is 1.92. The van der Waals surface area contributed by atoms with Crippen LogP contribution in [0.3, 0.4) is 0 Å². The van der Waals surface area contributed by atoms with E-state index >= 15 is 0 Å². The molecule has 0 bridgehead atoms. The Labute approximate surface area is 112 Å². The lowest BCUT2D eigenvalue weighted by atomic mass is 10.1. The van der Waals surface area contributed by atoms with Crippen molar-refractivity contribution in [2.24, 2.45) is 0 Å². The number of hydrogen-bond donors (Lipinski definition) is 1. The van der Waals surface area contributed by atoms with Gasteiger partial charge in [0.25, 0.3) is 0 Å².